The Morgan fingerprint density at radius 2 is 1.08 bits per heavy atom. The molecule has 1 fully saturated rings. The van der Waals surface area contributed by atoms with Crippen LogP contribution in [0.1, 0.15) is 85.5 Å². The van der Waals surface area contributed by atoms with Crippen LogP contribution in [-0.2, 0) is 43.2 Å². The van der Waals surface area contributed by atoms with E-state index in [4.69, 9.17) is 17.2 Å². The largest absolute Gasteiger partial charge is 0.481 e. The summed E-state index contributed by atoms with van der Waals surface area (Å²) in [5.74, 6) is -8.03. The van der Waals surface area contributed by atoms with Gasteiger partial charge in [0.2, 0.25) is 47.3 Å². The average molecular weight is 871 g/mol. The van der Waals surface area contributed by atoms with Gasteiger partial charge in [-0.15, -0.1) is 0 Å². The van der Waals surface area contributed by atoms with Crippen LogP contribution >= 0.6 is 11.8 Å². The molecule has 0 aromatic rings. The van der Waals surface area contributed by atoms with Crippen molar-refractivity contribution in [2.45, 2.75) is 122 Å². The molecule has 0 aromatic carbocycles. The van der Waals surface area contributed by atoms with E-state index in [9.17, 15) is 48.3 Å². The molecule has 22 nitrogen and oxygen atoms in total. The van der Waals surface area contributed by atoms with Gasteiger partial charge < -0.3 is 64.8 Å². The molecule has 15 N–H and O–H groups in total. The van der Waals surface area contributed by atoms with Crippen LogP contribution in [0.5, 0.6) is 0 Å². The van der Waals surface area contributed by atoms with Crippen molar-refractivity contribution >= 4 is 70.9 Å². The highest BCUT2D eigenvalue weighted by atomic mass is 32.2. The number of guanidine groups is 1. The second kappa shape index (κ2) is 28.3. The van der Waals surface area contributed by atoms with E-state index in [2.05, 4.69) is 47.5 Å². The Morgan fingerprint density at radius 3 is 1.60 bits per heavy atom. The van der Waals surface area contributed by atoms with Gasteiger partial charge in [0.15, 0.2) is 5.96 Å². The fraction of sp³-hybridized carbons (Fsp3) is 0.730. The molecule has 8 amide bonds. The van der Waals surface area contributed by atoms with Crippen molar-refractivity contribution in [3.63, 3.8) is 0 Å². The van der Waals surface area contributed by atoms with Gasteiger partial charge in [0, 0.05) is 6.54 Å². The number of carboxylic acids is 1. The SMILES string of the molecule is CSCC[C@@H]1NC(=O)[C@H](CCCN=C(N)N)NC(=O)[C@H](CC(C)C)NC(=O)[C@H](CC(C)C)NC(=O)CNC(=O)CNC(=O)[C@H](CCCCN)NC(=O)[C@H](CC(=O)O)NC1=O. The molecule has 1 aliphatic rings. The van der Waals surface area contributed by atoms with Gasteiger partial charge in [0.1, 0.15) is 36.3 Å². The highest BCUT2D eigenvalue weighted by Gasteiger charge is 2.34. The number of carbonyl (C=O) groups excluding carboxylic acids is 8. The molecule has 0 saturated carbocycles. The Bertz CT molecular complexity index is 1510. The molecule has 1 rings (SSSR count). The van der Waals surface area contributed by atoms with E-state index >= 15 is 0 Å². The van der Waals surface area contributed by atoms with E-state index < -0.39 is 109 Å². The van der Waals surface area contributed by atoms with Gasteiger partial charge in [-0.2, -0.15) is 11.8 Å². The minimum Gasteiger partial charge on any atom is -0.481 e. The number of nitrogens with two attached hydrogens (primary N) is 3. The predicted octanol–water partition coefficient (Wildman–Crippen LogP) is -3.36. The van der Waals surface area contributed by atoms with E-state index in [1.165, 1.54) is 11.8 Å². The third-order valence-electron chi connectivity index (χ3n) is 8.98. The highest BCUT2D eigenvalue weighted by molar-refractivity contribution is 7.98. The Labute approximate surface area is 355 Å². The lowest BCUT2D eigenvalue weighted by Crippen LogP contribution is -2.60. The topological polar surface area (TPSA) is 361 Å². The molecule has 6 atom stereocenters. The van der Waals surface area contributed by atoms with Gasteiger partial charge in [-0.3, -0.25) is 48.1 Å². The molecule has 60 heavy (non-hydrogen) atoms. The minimum atomic E-state index is -1.71. The zero-order valence-electron chi connectivity index (χ0n) is 35.2. The lowest BCUT2D eigenvalue weighted by Gasteiger charge is -2.28. The van der Waals surface area contributed by atoms with Crippen LogP contribution in [0.3, 0.4) is 0 Å². The summed E-state index contributed by atoms with van der Waals surface area (Å²) in [6.07, 6.45) is 2.20. The summed E-state index contributed by atoms with van der Waals surface area (Å²) in [6, 6.07) is -7.94. The maximum Gasteiger partial charge on any atom is 0.305 e. The third-order valence-corrected chi connectivity index (χ3v) is 9.63. The summed E-state index contributed by atoms with van der Waals surface area (Å²) >= 11 is 1.34. The van der Waals surface area contributed by atoms with Crippen molar-refractivity contribution in [3.8, 4) is 0 Å². The number of carboxylic acid groups (broad SMARTS) is 1. The lowest BCUT2D eigenvalue weighted by atomic mass is 9.99. The Kier molecular flexibility index (Phi) is 24.9. The summed E-state index contributed by atoms with van der Waals surface area (Å²) in [7, 11) is 0. The van der Waals surface area contributed by atoms with Gasteiger partial charge in [-0.1, -0.05) is 27.7 Å². The first-order valence-corrected chi connectivity index (χ1v) is 21.5. The summed E-state index contributed by atoms with van der Waals surface area (Å²) in [6.45, 7) is 6.45. The number of amides is 8. The first-order chi connectivity index (χ1) is 28.3. The first-order valence-electron chi connectivity index (χ1n) is 20.1. The number of hydrogen-bond acceptors (Lipinski definition) is 12. The van der Waals surface area contributed by atoms with Crippen LogP contribution < -0.4 is 59.7 Å². The predicted molar refractivity (Wildman–Crippen MR) is 225 cm³/mol. The molecule has 23 heteroatoms. The van der Waals surface area contributed by atoms with Gasteiger partial charge in [-0.05, 0) is 81.8 Å². The lowest BCUT2D eigenvalue weighted by molar-refractivity contribution is -0.141. The van der Waals surface area contributed by atoms with Crippen molar-refractivity contribution in [1.82, 2.24) is 42.5 Å². The van der Waals surface area contributed by atoms with E-state index in [1.54, 1.807) is 6.26 Å². The summed E-state index contributed by atoms with van der Waals surface area (Å²) in [4.78, 5) is 124. The minimum absolute atomic E-state index is 0.0238. The molecule has 1 saturated heterocycles. The third kappa shape index (κ3) is 21.7. The van der Waals surface area contributed by atoms with Crippen LogP contribution in [0.25, 0.3) is 0 Å². The van der Waals surface area contributed by atoms with Crippen molar-refractivity contribution in [2.24, 2.45) is 34.0 Å². The number of nitrogens with one attached hydrogen (secondary N) is 8. The molecule has 1 aliphatic heterocycles. The van der Waals surface area contributed by atoms with E-state index in [0.717, 1.165) is 0 Å². The monoisotopic (exact) mass is 870 g/mol. The van der Waals surface area contributed by atoms with Gasteiger partial charge in [0.25, 0.3) is 0 Å². The van der Waals surface area contributed by atoms with Gasteiger partial charge in [-0.25, -0.2) is 0 Å². The number of thioether (sulfide) groups is 1. The maximum atomic E-state index is 14.0. The van der Waals surface area contributed by atoms with Gasteiger partial charge in [0.05, 0.1) is 19.5 Å². The molecule has 0 spiro atoms. The maximum absolute atomic E-state index is 14.0. The molecular formula is C37H66N12O10S. The normalized spacial score (nSPS) is 23.5. The number of carbonyl (C=O) groups is 9. The molecular weight excluding hydrogens is 805 g/mol. The smallest absolute Gasteiger partial charge is 0.305 e. The van der Waals surface area contributed by atoms with Crippen LogP contribution in [0.2, 0.25) is 0 Å². The molecule has 0 bridgehead atoms. The number of hydrogen-bond donors (Lipinski definition) is 12. The average Bonchev–Trinajstić information content (AvgIpc) is 3.16. The van der Waals surface area contributed by atoms with Crippen molar-refractivity contribution in [3.05, 3.63) is 0 Å². The van der Waals surface area contributed by atoms with Crippen molar-refractivity contribution in [2.75, 3.05) is 38.2 Å². The van der Waals surface area contributed by atoms with Crippen LogP contribution in [0.4, 0.5) is 0 Å². The quantitative estimate of drug-likeness (QED) is 0.0386. The van der Waals surface area contributed by atoms with E-state index in [-0.39, 0.29) is 69.4 Å². The summed E-state index contributed by atoms with van der Waals surface area (Å²) in [5, 5.41) is 29.8. The number of unbranched alkanes of at least 4 members (excludes halogenated alkanes) is 1. The second-order valence-corrected chi connectivity index (χ2v) is 16.3. The van der Waals surface area contributed by atoms with Crippen molar-refractivity contribution in [1.29, 1.82) is 0 Å². The molecule has 0 unspecified atom stereocenters. The van der Waals surface area contributed by atoms with E-state index in [0.29, 0.717) is 18.6 Å². The highest BCUT2D eigenvalue weighted by Crippen LogP contribution is 2.12. The number of nitrogens with zero attached hydrogens (tertiary/aromatic N) is 1. The molecule has 1 heterocycles. The van der Waals surface area contributed by atoms with Crippen LogP contribution in [0, 0.1) is 11.8 Å². The fourth-order valence-electron chi connectivity index (χ4n) is 5.97. The summed E-state index contributed by atoms with van der Waals surface area (Å²) < 4.78 is 0. The summed E-state index contributed by atoms with van der Waals surface area (Å²) in [5.41, 5.74) is 16.5. The molecule has 0 aromatic heterocycles. The number of rotatable bonds is 17. The fourth-order valence-corrected chi connectivity index (χ4v) is 6.44. The Hall–Kier alpha value is -5.19. The van der Waals surface area contributed by atoms with Crippen LogP contribution in [-0.4, -0.2) is 139 Å². The molecule has 340 valence electrons. The number of aliphatic carboxylic acids is 1. The van der Waals surface area contributed by atoms with Crippen molar-refractivity contribution < 1.29 is 48.3 Å². The number of aliphatic imine (C=N–C) groups is 1. The zero-order chi connectivity index (χ0) is 45.4. The van der Waals surface area contributed by atoms with E-state index in [1.807, 2.05) is 27.7 Å². The Balaban J connectivity index is 3.76. The van der Waals surface area contributed by atoms with Crippen LogP contribution in [0.15, 0.2) is 4.99 Å². The standard InChI is InChI=1S/C37H66N12O10S/c1-20(2)15-25-34(57)48-26(16-21(3)4)35(58)46-23(10-8-13-41-37(39)40)32(55)47-24(11-14-60-5)33(56)49-27(17-30(52)53)36(59)45-22(9-6-7-12-38)31(54)43-18-28(50)42-19-29(51)44-25/h20-27H,6-19,38H2,1-5H3,(H,42,50)(H,43,54)(H,44,51)(H,45,59)(H,46,58)(H,47,55)(H,48,57)(H,49,56)(H,52,53)(H4,39,40,41)/t22-,23-,24-,25-,26-,27-/m0/s1. The second-order valence-electron chi connectivity index (χ2n) is 15.3. The Morgan fingerprint density at radius 1 is 0.633 bits per heavy atom. The molecule has 0 radical (unpaired) electrons. The zero-order valence-corrected chi connectivity index (χ0v) is 36.0. The van der Waals surface area contributed by atoms with Gasteiger partial charge >= 0.3 is 5.97 Å². The molecule has 0 aliphatic carbocycles. The first kappa shape index (κ1) is 52.8.